The number of rotatable bonds is 3. The third-order valence-corrected chi connectivity index (χ3v) is 5.93. The molecule has 6 rings (SSSR count). The van der Waals surface area contributed by atoms with Gasteiger partial charge in [0.1, 0.15) is 5.82 Å². The van der Waals surface area contributed by atoms with Crippen LogP contribution < -0.4 is 10.6 Å². The molecule has 3 aliphatic heterocycles. The van der Waals surface area contributed by atoms with Crippen LogP contribution in [-0.4, -0.2) is 36.1 Å². The second-order valence-corrected chi connectivity index (χ2v) is 7.71. The van der Waals surface area contributed by atoms with E-state index in [0.29, 0.717) is 19.0 Å². The van der Waals surface area contributed by atoms with E-state index < -0.39 is 5.82 Å². The smallest absolute Gasteiger partial charge is 0.321 e. The molecule has 1 unspecified atom stereocenters. The van der Waals surface area contributed by atoms with Crippen LogP contribution in [0.5, 0.6) is 0 Å². The molecule has 3 aromatic carbocycles. The third-order valence-electron chi connectivity index (χ3n) is 5.93. The highest BCUT2D eigenvalue weighted by Gasteiger charge is 2.48. The molecule has 3 aromatic rings. The fourth-order valence-corrected chi connectivity index (χ4v) is 4.44. The van der Waals surface area contributed by atoms with Crippen molar-refractivity contribution in [2.45, 2.75) is 18.0 Å². The van der Waals surface area contributed by atoms with Gasteiger partial charge < -0.3 is 15.5 Å². The molecule has 3 heterocycles. The monoisotopic (exact) mass is 387 g/mol. The van der Waals surface area contributed by atoms with E-state index in [0.717, 1.165) is 0 Å². The summed E-state index contributed by atoms with van der Waals surface area (Å²) in [7, 11) is 0. The Labute approximate surface area is 169 Å². The molecule has 2 N–H and O–H groups in total. The number of nitrogens with one attached hydrogen (secondary N) is 2. The lowest BCUT2D eigenvalue weighted by Crippen LogP contribution is -2.72. The maximum atomic E-state index is 13.8. The van der Waals surface area contributed by atoms with Gasteiger partial charge in [-0.05, 0) is 28.8 Å². The zero-order valence-electron chi connectivity index (χ0n) is 15.9. The van der Waals surface area contributed by atoms with Gasteiger partial charge in [0, 0.05) is 31.1 Å². The molecule has 146 valence electrons. The lowest BCUT2D eigenvalue weighted by molar-refractivity contribution is 0.0759. The quantitative estimate of drug-likeness (QED) is 0.697. The summed E-state index contributed by atoms with van der Waals surface area (Å²) in [5.74, 6) is -0.0186. The number of carbonyl (C=O) groups is 1. The Bertz CT molecular complexity index is 1010. The Morgan fingerprint density at radius 1 is 0.862 bits per heavy atom. The van der Waals surface area contributed by atoms with Crippen LogP contribution in [0.3, 0.4) is 0 Å². The van der Waals surface area contributed by atoms with E-state index in [1.807, 2.05) is 18.2 Å². The molecule has 3 atom stereocenters. The first-order valence-electron chi connectivity index (χ1n) is 9.91. The Hall–Kier alpha value is -3.18. The number of carbonyl (C=O) groups excluding carboxylic acids is 1. The molecule has 2 bridgehead atoms. The Balaban J connectivity index is 1.25. The number of fused-ring (bicyclic) bond motifs is 2. The van der Waals surface area contributed by atoms with Gasteiger partial charge in [-0.1, -0.05) is 66.7 Å². The SMILES string of the molecule is O=C(Nc1ccccc1F)N1C[C@@H]2N[C@H](C1)C2c1ccc(-c2ccccc2)cc1. The van der Waals surface area contributed by atoms with Crippen molar-refractivity contribution < 1.29 is 9.18 Å². The van der Waals surface area contributed by atoms with Gasteiger partial charge in [-0.25, -0.2) is 9.18 Å². The van der Waals surface area contributed by atoms with Crippen LogP contribution in [0.4, 0.5) is 14.9 Å². The van der Waals surface area contributed by atoms with E-state index in [9.17, 15) is 9.18 Å². The van der Waals surface area contributed by atoms with Crippen molar-refractivity contribution in [1.82, 2.24) is 10.2 Å². The highest BCUT2D eigenvalue weighted by molar-refractivity contribution is 5.89. The van der Waals surface area contributed by atoms with E-state index >= 15 is 0 Å². The molecule has 0 aromatic heterocycles. The molecule has 2 amide bonds. The molecule has 4 nitrogen and oxygen atoms in total. The maximum Gasteiger partial charge on any atom is 0.322 e. The zero-order chi connectivity index (χ0) is 19.8. The molecule has 0 aliphatic carbocycles. The van der Waals surface area contributed by atoms with Crippen LogP contribution in [0.15, 0.2) is 78.9 Å². The van der Waals surface area contributed by atoms with Gasteiger partial charge in [0.25, 0.3) is 0 Å². The van der Waals surface area contributed by atoms with Crippen LogP contribution in [0, 0.1) is 5.82 Å². The van der Waals surface area contributed by atoms with Crippen LogP contribution in [-0.2, 0) is 0 Å². The number of halogens is 1. The van der Waals surface area contributed by atoms with Crippen molar-refractivity contribution in [3.05, 3.63) is 90.2 Å². The van der Waals surface area contributed by atoms with Crippen molar-refractivity contribution in [2.75, 3.05) is 18.4 Å². The fraction of sp³-hybridized carbons (Fsp3) is 0.208. The average molecular weight is 387 g/mol. The lowest BCUT2D eigenvalue weighted by Gasteiger charge is -2.54. The van der Waals surface area contributed by atoms with Crippen LogP contribution in [0.25, 0.3) is 11.1 Å². The number of piperidine rings is 1. The number of amides is 2. The predicted octanol–water partition coefficient (Wildman–Crippen LogP) is 4.46. The molecule has 0 radical (unpaired) electrons. The number of hydrogen-bond donors (Lipinski definition) is 2. The van der Waals surface area contributed by atoms with Gasteiger partial charge in [-0.2, -0.15) is 0 Å². The van der Waals surface area contributed by atoms with Gasteiger partial charge in [0.2, 0.25) is 0 Å². The fourth-order valence-electron chi connectivity index (χ4n) is 4.44. The minimum absolute atomic E-state index is 0.220. The standard InChI is InChI=1S/C24H22FN3O/c25-19-8-4-5-9-20(19)27-24(29)28-14-21-23(22(15-28)26-21)18-12-10-17(11-13-18)16-6-2-1-3-7-16/h1-13,21-23,26H,14-15H2,(H,27,29)/t21-,22+,23?. The lowest BCUT2D eigenvalue weighted by atomic mass is 9.74. The first kappa shape index (κ1) is 17.9. The van der Waals surface area contributed by atoms with E-state index in [-0.39, 0.29) is 23.8 Å². The molecule has 0 spiro atoms. The maximum absolute atomic E-state index is 13.8. The Morgan fingerprint density at radius 3 is 2.17 bits per heavy atom. The average Bonchev–Trinajstić information content (AvgIpc) is 2.76. The second-order valence-electron chi connectivity index (χ2n) is 7.71. The third kappa shape index (κ3) is 3.38. The molecule has 3 aliphatic rings. The molecular formula is C24H22FN3O. The number of anilines is 1. The van der Waals surface area contributed by atoms with Gasteiger partial charge in [-0.3, -0.25) is 0 Å². The largest absolute Gasteiger partial charge is 0.322 e. The van der Waals surface area contributed by atoms with Gasteiger partial charge in [0.05, 0.1) is 5.69 Å². The molecule has 0 saturated carbocycles. The number of para-hydroxylation sites is 1. The number of benzene rings is 3. The topological polar surface area (TPSA) is 44.4 Å². The first-order chi connectivity index (χ1) is 14.2. The van der Waals surface area contributed by atoms with Gasteiger partial charge in [0.15, 0.2) is 0 Å². The highest BCUT2D eigenvalue weighted by atomic mass is 19.1. The van der Waals surface area contributed by atoms with E-state index in [2.05, 4.69) is 47.0 Å². The Kier molecular flexibility index (Phi) is 4.52. The molecule has 3 fully saturated rings. The van der Waals surface area contributed by atoms with E-state index in [4.69, 9.17) is 0 Å². The number of hydrogen-bond acceptors (Lipinski definition) is 2. The predicted molar refractivity (Wildman–Crippen MR) is 112 cm³/mol. The molecule has 29 heavy (non-hydrogen) atoms. The normalized spacial score (nSPS) is 22.7. The van der Waals surface area contributed by atoms with Crippen molar-refractivity contribution in [2.24, 2.45) is 0 Å². The summed E-state index contributed by atoms with van der Waals surface area (Å²) in [4.78, 5) is 14.3. The van der Waals surface area contributed by atoms with Crippen molar-refractivity contribution in [3.63, 3.8) is 0 Å². The van der Waals surface area contributed by atoms with Gasteiger partial charge >= 0.3 is 6.03 Å². The summed E-state index contributed by atoms with van der Waals surface area (Å²) in [5.41, 5.74) is 3.94. The van der Waals surface area contributed by atoms with Crippen molar-refractivity contribution >= 4 is 11.7 Å². The number of nitrogens with zero attached hydrogens (tertiary/aromatic N) is 1. The summed E-state index contributed by atoms with van der Waals surface area (Å²) in [6.07, 6.45) is 0. The number of urea groups is 1. The second kappa shape index (κ2) is 7.33. The minimum Gasteiger partial charge on any atom is -0.321 e. The Morgan fingerprint density at radius 2 is 1.48 bits per heavy atom. The molecule has 3 saturated heterocycles. The van der Waals surface area contributed by atoms with Crippen molar-refractivity contribution in [3.8, 4) is 11.1 Å². The van der Waals surface area contributed by atoms with Gasteiger partial charge in [-0.15, -0.1) is 0 Å². The zero-order valence-corrected chi connectivity index (χ0v) is 15.9. The summed E-state index contributed by atoms with van der Waals surface area (Å²) in [6, 6.07) is 25.5. The van der Waals surface area contributed by atoms with Crippen molar-refractivity contribution in [1.29, 1.82) is 0 Å². The van der Waals surface area contributed by atoms with Crippen LogP contribution in [0.1, 0.15) is 11.5 Å². The summed E-state index contributed by atoms with van der Waals surface area (Å²) >= 11 is 0. The minimum atomic E-state index is -0.419. The summed E-state index contributed by atoms with van der Waals surface area (Å²) in [6.45, 7) is 1.23. The van der Waals surface area contributed by atoms with Crippen LogP contribution in [0.2, 0.25) is 0 Å². The van der Waals surface area contributed by atoms with Crippen LogP contribution >= 0.6 is 0 Å². The molecular weight excluding hydrogens is 365 g/mol. The summed E-state index contributed by atoms with van der Waals surface area (Å²) < 4.78 is 13.8. The highest BCUT2D eigenvalue weighted by Crippen LogP contribution is 2.37. The molecule has 5 heteroatoms. The van der Waals surface area contributed by atoms with E-state index in [1.54, 1.807) is 23.1 Å². The van der Waals surface area contributed by atoms with E-state index in [1.165, 1.54) is 22.8 Å². The number of piperazine rings is 1. The first-order valence-corrected chi connectivity index (χ1v) is 9.91. The summed E-state index contributed by atoms with van der Waals surface area (Å²) in [5, 5.41) is 6.22.